The highest BCUT2D eigenvalue weighted by molar-refractivity contribution is 7.98. The van der Waals surface area contributed by atoms with Gasteiger partial charge in [0.1, 0.15) is 0 Å². The van der Waals surface area contributed by atoms with Crippen LogP contribution < -0.4 is 0 Å². The lowest BCUT2D eigenvalue weighted by atomic mass is 10.2. The van der Waals surface area contributed by atoms with Gasteiger partial charge in [-0.15, -0.1) is 10.2 Å². The number of para-hydroxylation sites is 1. The second kappa shape index (κ2) is 6.02. The first-order chi connectivity index (χ1) is 10.7. The second-order valence-corrected chi connectivity index (χ2v) is 5.46. The van der Waals surface area contributed by atoms with Crippen molar-refractivity contribution >= 4 is 17.4 Å². The predicted octanol–water partition coefficient (Wildman–Crippen LogP) is 3.28. The van der Waals surface area contributed by atoms with E-state index in [-0.39, 0.29) is 10.6 Å². The van der Waals surface area contributed by atoms with E-state index in [0.29, 0.717) is 28.1 Å². The Morgan fingerprint density at radius 1 is 1.27 bits per heavy atom. The lowest BCUT2D eigenvalue weighted by molar-refractivity contribution is -0.385. The summed E-state index contributed by atoms with van der Waals surface area (Å²) in [6.45, 7) is 0. The van der Waals surface area contributed by atoms with Gasteiger partial charge in [-0.1, -0.05) is 30.0 Å². The van der Waals surface area contributed by atoms with Crippen LogP contribution in [0, 0.1) is 10.1 Å². The van der Waals surface area contributed by atoms with Gasteiger partial charge in [-0.3, -0.25) is 10.1 Å². The third-order valence-electron chi connectivity index (χ3n) is 3.12. The molecule has 0 saturated carbocycles. The van der Waals surface area contributed by atoms with Crippen LogP contribution in [0.25, 0.3) is 11.6 Å². The van der Waals surface area contributed by atoms with Gasteiger partial charge >= 0.3 is 0 Å². The molecule has 112 valence electrons. The molecule has 2 heterocycles. The van der Waals surface area contributed by atoms with Crippen LogP contribution in [0.1, 0.15) is 5.56 Å². The molecule has 3 aromatic rings. The van der Waals surface area contributed by atoms with E-state index in [2.05, 4.69) is 10.2 Å². The Labute approximate surface area is 130 Å². The molecule has 0 spiro atoms. The molecule has 3 rings (SSSR count). The number of thioether (sulfide) groups is 1. The standard InChI is InChI=1S/C14H12N4O3S/c1-17-13(12-7-4-8-21-12)15-16-14(17)22-9-10-5-2-3-6-11(10)18(19)20/h2-8H,9H2,1H3. The topological polar surface area (TPSA) is 87.0 Å². The lowest BCUT2D eigenvalue weighted by Crippen LogP contribution is -1.96. The van der Waals surface area contributed by atoms with Crippen LogP contribution >= 0.6 is 11.8 Å². The summed E-state index contributed by atoms with van der Waals surface area (Å²) in [5, 5.41) is 19.9. The van der Waals surface area contributed by atoms with Crippen molar-refractivity contribution in [2.75, 3.05) is 0 Å². The van der Waals surface area contributed by atoms with Crippen molar-refractivity contribution in [1.82, 2.24) is 14.8 Å². The summed E-state index contributed by atoms with van der Waals surface area (Å²) in [5.74, 6) is 1.70. The number of benzene rings is 1. The number of rotatable bonds is 5. The molecule has 8 heteroatoms. The average Bonchev–Trinajstić information content (AvgIpc) is 3.15. The van der Waals surface area contributed by atoms with E-state index in [1.807, 2.05) is 7.05 Å². The predicted molar refractivity (Wildman–Crippen MR) is 81.4 cm³/mol. The van der Waals surface area contributed by atoms with E-state index in [9.17, 15) is 10.1 Å². The largest absolute Gasteiger partial charge is 0.461 e. The highest BCUT2D eigenvalue weighted by atomic mass is 32.2. The zero-order valence-electron chi connectivity index (χ0n) is 11.7. The molecule has 1 aromatic carbocycles. The molecule has 0 bridgehead atoms. The fourth-order valence-electron chi connectivity index (χ4n) is 2.01. The van der Waals surface area contributed by atoms with Crippen molar-refractivity contribution in [3.63, 3.8) is 0 Å². The van der Waals surface area contributed by atoms with Crippen LogP contribution in [0.2, 0.25) is 0 Å². The third-order valence-corrected chi connectivity index (χ3v) is 4.19. The van der Waals surface area contributed by atoms with Gasteiger partial charge in [0.2, 0.25) is 0 Å². The first kappa shape index (κ1) is 14.3. The van der Waals surface area contributed by atoms with E-state index < -0.39 is 0 Å². The fourth-order valence-corrected chi connectivity index (χ4v) is 2.92. The van der Waals surface area contributed by atoms with Gasteiger partial charge in [-0.2, -0.15) is 0 Å². The number of aromatic nitrogens is 3. The van der Waals surface area contributed by atoms with Crippen LogP contribution in [-0.4, -0.2) is 19.7 Å². The summed E-state index contributed by atoms with van der Waals surface area (Å²) >= 11 is 1.39. The van der Waals surface area contributed by atoms with Gasteiger partial charge in [0.15, 0.2) is 16.7 Å². The molecular weight excluding hydrogens is 304 g/mol. The van der Waals surface area contributed by atoms with Crippen LogP contribution in [0.15, 0.2) is 52.2 Å². The highest BCUT2D eigenvalue weighted by Gasteiger charge is 2.16. The van der Waals surface area contributed by atoms with Crippen LogP contribution in [0.3, 0.4) is 0 Å². The summed E-state index contributed by atoms with van der Waals surface area (Å²) in [6, 6.07) is 10.3. The molecule has 22 heavy (non-hydrogen) atoms. The summed E-state index contributed by atoms with van der Waals surface area (Å²) in [5.41, 5.74) is 0.767. The Morgan fingerprint density at radius 3 is 2.82 bits per heavy atom. The average molecular weight is 316 g/mol. The Balaban J connectivity index is 1.80. The first-order valence-electron chi connectivity index (χ1n) is 6.45. The molecule has 0 amide bonds. The van der Waals surface area contributed by atoms with Crippen LogP contribution in [0.5, 0.6) is 0 Å². The minimum atomic E-state index is -0.374. The quantitative estimate of drug-likeness (QED) is 0.408. The number of nitrogens with zero attached hydrogens (tertiary/aromatic N) is 4. The van der Waals surface area contributed by atoms with Crippen molar-refractivity contribution in [3.05, 3.63) is 58.3 Å². The first-order valence-corrected chi connectivity index (χ1v) is 7.43. The third kappa shape index (κ3) is 2.73. The maximum absolute atomic E-state index is 11.0. The normalized spacial score (nSPS) is 10.8. The SMILES string of the molecule is Cn1c(SCc2ccccc2[N+](=O)[O-])nnc1-c1ccco1. The second-order valence-electron chi connectivity index (χ2n) is 4.52. The molecule has 7 nitrogen and oxygen atoms in total. The zero-order chi connectivity index (χ0) is 15.5. The van der Waals surface area contributed by atoms with Gasteiger partial charge in [-0.25, -0.2) is 0 Å². The Kier molecular flexibility index (Phi) is 3.92. The lowest BCUT2D eigenvalue weighted by Gasteiger charge is -2.03. The van der Waals surface area contributed by atoms with Gasteiger partial charge in [-0.05, 0) is 12.1 Å². The number of hydrogen-bond donors (Lipinski definition) is 0. The van der Waals surface area contributed by atoms with Gasteiger partial charge in [0.05, 0.1) is 11.2 Å². The van der Waals surface area contributed by atoms with Crippen molar-refractivity contribution in [2.24, 2.45) is 7.05 Å². The number of nitro groups is 1. The molecule has 0 aliphatic carbocycles. The molecule has 2 aromatic heterocycles. The molecule has 0 radical (unpaired) electrons. The van der Waals surface area contributed by atoms with E-state index >= 15 is 0 Å². The smallest absolute Gasteiger partial charge is 0.273 e. The van der Waals surface area contributed by atoms with Crippen LogP contribution in [-0.2, 0) is 12.8 Å². The van der Waals surface area contributed by atoms with E-state index in [1.54, 1.807) is 41.2 Å². The van der Waals surface area contributed by atoms with E-state index in [4.69, 9.17) is 4.42 Å². The monoisotopic (exact) mass is 316 g/mol. The Morgan fingerprint density at radius 2 is 2.09 bits per heavy atom. The van der Waals surface area contributed by atoms with Crippen molar-refractivity contribution in [3.8, 4) is 11.6 Å². The zero-order valence-corrected chi connectivity index (χ0v) is 12.5. The molecule has 0 saturated heterocycles. The van der Waals surface area contributed by atoms with Crippen molar-refractivity contribution in [1.29, 1.82) is 0 Å². The van der Waals surface area contributed by atoms with Crippen molar-refractivity contribution < 1.29 is 9.34 Å². The van der Waals surface area contributed by atoms with Crippen molar-refractivity contribution in [2.45, 2.75) is 10.9 Å². The molecule has 0 aliphatic heterocycles. The van der Waals surface area contributed by atoms with Gasteiger partial charge in [0.25, 0.3) is 5.69 Å². The summed E-state index contributed by atoms with van der Waals surface area (Å²) < 4.78 is 7.11. The van der Waals surface area contributed by atoms with Crippen LogP contribution in [0.4, 0.5) is 5.69 Å². The van der Waals surface area contributed by atoms with E-state index in [0.717, 1.165) is 0 Å². The summed E-state index contributed by atoms with van der Waals surface area (Å²) in [6.07, 6.45) is 1.57. The number of hydrogen-bond acceptors (Lipinski definition) is 6. The summed E-state index contributed by atoms with van der Waals surface area (Å²) in [4.78, 5) is 10.6. The molecule has 0 atom stereocenters. The van der Waals surface area contributed by atoms with Gasteiger partial charge in [0, 0.05) is 24.4 Å². The summed E-state index contributed by atoms with van der Waals surface area (Å²) in [7, 11) is 1.83. The molecule has 0 unspecified atom stereocenters. The highest BCUT2D eigenvalue weighted by Crippen LogP contribution is 2.28. The maximum atomic E-state index is 11.0. The fraction of sp³-hybridized carbons (Fsp3) is 0.143. The Bertz CT molecular complexity index is 798. The molecule has 0 N–H and O–H groups in total. The molecule has 0 aliphatic rings. The number of nitro benzene ring substituents is 1. The molecular formula is C14H12N4O3S. The minimum absolute atomic E-state index is 0.114. The minimum Gasteiger partial charge on any atom is -0.461 e. The maximum Gasteiger partial charge on any atom is 0.273 e. The molecule has 0 fully saturated rings. The van der Waals surface area contributed by atoms with E-state index in [1.165, 1.54) is 17.8 Å². The van der Waals surface area contributed by atoms with Gasteiger partial charge < -0.3 is 8.98 Å². The Hall–Kier alpha value is -2.61. The number of furan rings is 1.